The SMILES string of the molecule is Cc1cnc(-c2ccc(C(=O)N3CC[C@@H](C(=O)N4CCC(O)(Cn5cnc6c(ccn6C)c5=O)CC4)[C@H](c4ccccc4)C3)s2)cn1. The number of benzene rings is 1. The Morgan fingerprint density at radius 1 is 0.979 bits per heavy atom. The largest absolute Gasteiger partial charge is 0.388 e. The predicted octanol–water partition coefficient (Wildman–Crippen LogP) is 3.86. The number of aromatic nitrogens is 5. The molecule has 2 aliphatic rings. The zero-order valence-electron chi connectivity index (χ0n) is 26.5. The summed E-state index contributed by atoms with van der Waals surface area (Å²) in [5.41, 5.74) is 1.90. The van der Waals surface area contributed by atoms with E-state index < -0.39 is 5.60 Å². The number of rotatable bonds is 6. The minimum atomic E-state index is -1.12. The molecule has 47 heavy (non-hydrogen) atoms. The van der Waals surface area contributed by atoms with Crippen molar-refractivity contribution in [2.45, 2.75) is 44.2 Å². The summed E-state index contributed by atoms with van der Waals surface area (Å²) < 4.78 is 3.27. The maximum atomic E-state index is 14.1. The fourth-order valence-electron chi connectivity index (χ4n) is 6.88. The Morgan fingerprint density at radius 3 is 2.51 bits per heavy atom. The molecule has 0 unspecified atom stereocenters. The van der Waals surface area contributed by atoms with Gasteiger partial charge >= 0.3 is 0 Å². The molecule has 6 heterocycles. The molecule has 2 amide bonds. The van der Waals surface area contributed by atoms with Crippen LogP contribution in [0.2, 0.25) is 0 Å². The zero-order valence-corrected chi connectivity index (χ0v) is 27.3. The van der Waals surface area contributed by atoms with E-state index in [-0.39, 0.29) is 35.8 Å². The Hall–Kier alpha value is -4.68. The molecule has 2 saturated heterocycles. The third-order valence-corrected chi connectivity index (χ3v) is 10.7. The van der Waals surface area contributed by atoms with Crippen LogP contribution in [0.1, 0.15) is 46.1 Å². The summed E-state index contributed by atoms with van der Waals surface area (Å²) >= 11 is 1.40. The molecular weight excluding hydrogens is 614 g/mol. The molecule has 2 aliphatic heterocycles. The van der Waals surface area contributed by atoms with E-state index in [9.17, 15) is 19.5 Å². The summed E-state index contributed by atoms with van der Waals surface area (Å²) in [6.07, 6.45) is 7.99. The van der Waals surface area contributed by atoms with E-state index in [0.29, 0.717) is 61.4 Å². The highest BCUT2D eigenvalue weighted by atomic mass is 32.1. The molecule has 242 valence electrons. The monoisotopic (exact) mass is 651 g/mol. The van der Waals surface area contributed by atoms with Crippen LogP contribution in [0.4, 0.5) is 0 Å². The van der Waals surface area contributed by atoms with Crippen molar-refractivity contribution in [2.24, 2.45) is 13.0 Å². The number of aliphatic hydroxyl groups is 1. The third kappa shape index (κ3) is 6.10. The first-order chi connectivity index (χ1) is 22.7. The number of carbonyl (C=O) groups is 2. The number of nitrogens with zero attached hydrogens (tertiary/aromatic N) is 7. The Morgan fingerprint density at radius 2 is 1.77 bits per heavy atom. The topological polar surface area (TPSA) is 126 Å². The van der Waals surface area contributed by atoms with Crippen LogP contribution >= 0.6 is 11.3 Å². The number of fused-ring (bicyclic) bond motifs is 1. The number of amides is 2. The number of piperidine rings is 2. The molecule has 0 radical (unpaired) electrons. The van der Waals surface area contributed by atoms with Crippen molar-refractivity contribution in [3.8, 4) is 10.6 Å². The van der Waals surface area contributed by atoms with Gasteiger partial charge in [0, 0.05) is 57.5 Å². The highest BCUT2D eigenvalue weighted by Gasteiger charge is 2.42. The third-order valence-electron chi connectivity index (χ3n) is 9.62. The average molecular weight is 652 g/mol. The second-order valence-electron chi connectivity index (χ2n) is 12.8. The molecule has 4 aromatic heterocycles. The van der Waals surface area contributed by atoms with Crippen molar-refractivity contribution in [2.75, 3.05) is 26.2 Å². The van der Waals surface area contributed by atoms with Crippen molar-refractivity contribution in [3.05, 3.63) is 99.9 Å². The molecule has 7 rings (SSSR count). The summed E-state index contributed by atoms with van der Waals surface area (Å²) in [6.45, 7) is 3.72. The van der Waals surface area contributed by atoms with Gasteiger partial charge in [-0.25, -0.2) is 4.98 Å². The quantitative estimate of drug-likeness (QED) is 0.296. The summed E-state index contributed by atoms with van der Waals surface area (Å²) in [5, 5.41) is 12.0. The van der Waals surface area contributed by atoms with E-state index in [0.717, 1.165) is 21.8 Å². The second-order valence-corrected chi connectivity index (χ2v) is 13.8. The first kappa shape index (κ1) is 30.9. The van der Waals surface area contributed by atoms with Crippen molar-refractivity contribution in [3.63, 3.8) is 0 Å². The van der Waals surface area contributed by atoms with Gasteiger partial charge in [-0.05, 0) is 49.9 Å². The van der Waals surface area contributed by atoms with Crippen molar-refractivity contribution in [1.29, 1.82) is 0 Å². The standard InChI is InChI=1S/C35H37N7O4S/c1-23-18-37-28(19-36-23)29-8-9-30(47-29)34(45)41-15-11-25(27(20-41)24-6-4-3-5-7-24)32(43)40-16-12-35(46,13-17-40)21-42-22-38-31-26(33(42)44)10-14-39(31)2/h3-10,14,18-19,22,25,27,46H,11-13,15-17,20-21H2,1-2H3/t25-,27+/m1/s1. The lowest BCUT2D eigenvalue weighted by molar-refractivity contribution is -0.142. The average Bonchev–Trinajstić information content (AvgIpc) is 3.74. The van der Waals surface area contributed by atoms with Gasteiger partial charge in [0.1, 0.15) is 12.0 Å². The molecule has 2 atom stereocenters. The van der Waals surface area contributed by atoms with Crippen LogP contribution < -0.4 is 5.56 Å². The lowest BCUT2D eigenvalue weighted by atomic mass is 9.79. The molecular formula is C35H37N7O4S. The van der Waals surface area contributed by atoms with Crippen molar-refractivity contribution in [1.82, 2.24) is 33.9 Å². The Labute approximate surface area is 276 Å². The van der Waals surface area contributed by atoms with Gasteiger partial charge in [-0.2, -0.15) is 0 Å². The van der Waals surface area contributed by atoms with Gasteiger partial charge in [0.05, 0.1) is 44.9 Å². The molecule has 12 heteroatoms. The van der Waals surface area contributed by atoms with E-state index in [4.69, 9.17) is 0 Å². The van der Waals surface area contributed by atoms with Crippen LogP contribution in [0, 0.1) is 12.8 Å². The molecule has 1 N–H and O–H groups in total. The van der Waals surface area contributed by atoms with Gasteiger partial charge < -0.3 is 19.5 Å². The van der Waals surface area contributed by atoms with Crippen molar-refractivity contribution < 1.29 is 14.7 Å². The van der Waals surface area contributed by atoms with Gasteiger partial charge in [-0.1, -0.05) is 30.3 Å². The highest BCUT2D eigenvalue weighted by Crippen LogP contribution is 2.37. The number of hydrogen-bond acceptors (Lipinski definition) is 8. The van der Waals surface area contributed by atoms with E-state index in [1.54, 1.807) is 29.2 Å². The van der Waals surface area contributed by atoms with Gasteiger partial charge in [0.15, 0.2) is 0 Å². The fraction of sp³-hybridized carbons (Fsp3) is 0.371. The van der Waals surface area contributed by atoms with Crippen LogP contribution in [0.5, 0.6) is 0 Å². The highest BCUT2D eigenvalue weighted by molar-refractivity contribution is 7.17. The zero-order chi connectivity index (χ0) is 32.7. The number of hydrogen-bond donors (Lipinski definition) is 1. The molecule has 0 spiro atoms. The molecule has 0 aliphatic carbocycles. The summed E-state index contributed by atoms with van der Waals surface area (Å²) in [4.78, 5) is 59.3. The molecule has 5 aromatic rings. The Kier molecular flexibility index (Phi) is 8.23. The van der Waals surface area contributed by atoms with E-state index in [1.807, 2.05) is 66.2 Å². The Bertz CT molecular complexity index is 1980. The molecule has 1 aromatic carbocycles. The van der Waals surface area contributed by atoms with Gasteiger partial charge in [-0.3, -0.25) is 28.9 Å². The van der Waals surface area contributed by atoms with Crippen molar-refractivity contribution >= 4 is 34.2 Å². The summed E-state index contributed by atoms with van der Waals surface area (Å²) in [7, 11) is 1.84. The lowest BCUT2D eigenvalue weighted by Crippen LogP contribution is -2.53. The van der Waals surface area contributed by atoms with Crippen LogP contribution in [-0.2, 0) is 18.4 Å². The van der Waals surface area contributed by atoms with Crippen LogP contribution in [-0.4, -0.2) is 82.6 Å². The summed E-state index contributed by atoms with van der Waals surface area (Å²) in [6, 6.07) is 15.4. The van der Waals surface area contributed by atoms with Crippen LogP contribution in [0.25, 0.3) is 21.6 Å². The number of likely N-dealkylation sites (tertiary alicyclic amines) is 2. The minimum absolute atomic E-state index is 0.0467. The maximum Gasteiger partial charge on any atom is 0.263 e. The van der Waals surface area contributed by atoms with E-state index in [2.05, 4.69) is 15.0 Å². The second kappa shape index (κ2) is 12.5. The maximum absolute atomic E-state index is 14.1. The first-order valence-electron chi connectivity index (χ1n) is 15.9. The lowest BCUT2D eigenvalue weighted by Gasteiger charge is -2.43. The van der Waals surface area contributed by atoms with Crippen LogP contribution in [0.15, 0.2) is 78.2 Å². The van der Waals surface area contributed by atoms with E-state index in [1.165, 1.54) is 22.2 Å². The van der Waals surface area contributed by atoms with Gasteiger partial charge in [0.2, 0.25) is 5.91 Å². The molecule has 11 nitrogen and oxygen atoms in total. The van der Waals surface area contributed by atoms with Gasteiger partial charge in [-0.15, -0.1) is 11.3 Å². The molecule has 0 saturated carbocycles. The fourth-order valence-corrected chi connectivity index (χ4v) is 7.82. The van der Waals surface area contributed by atoms with Gasteiger partial charge in [0.25, 0.3) is 11.5 Å². The van der Waals surface area contributed by atoms with Crippen LogP contribution in [0.3, 0.4) is 0 Å². The number of thiophene rings is 1. The molecule has 2 fully saturated rings. The smallest absolute Gasteiger partial charge is 0.263 e. The Balaban J connectivity index is 1.04. The first-order valence-corrected chi connectivity index (χ1v) is 16.8. The minimum Gasteiger partial charge on any atom is -0.388 e. The normalized spacial score (nSPS) is 19.6. The predicted molar refractivity (Wildman–Crippen MR) is 179 cm³/mol. The summed E-state index contributed by atoms with van der Waals surface area (Å²) in [5.74, 6) is -0.447. The number of aryl methyl sites for hydroxylation is 2. The van der Waals surface area contributed by atoms with E-state index >= 15 is 0 Å². The number of carbonyl (C=O) groups excluding carboxylic acids is 2. The molecule has 0 bridgehead atoms.